The lowest BCUT2D eigenvalue weighted by Crippen LogP contribution is -1.84. The second kappa shape index (κ2) is 9.17. The fourth-order valence-corrected chi connectivity index (χ4v) is 5.57. The molecule has 4 rings (SSSR count). The summed E-state index contributed by atoms with van der Waals surface area (Å²) < 4.78 is 2.61. The SMILES string of the molecule is C=C/C(C)=C\c1cc2sc3cc(/C=C(/C#Cc4ccc(C)s4)C=C)c(C)cc3c2cc1C. The summed E-state index contributed by atoms with van der Waals surface area (Å²) >= 11 is 3.56. The molecule has 2 heteroatoms. The van der Waals surface area contributed by atoms with Crippen LogP contribution in [0.15, 0.2) is 72.9 Å². The highest BCUT2D eigenvalue weighted by atomic mass is 32.1. The number of rotatable bonds is 4. The predicted octanol–water partition coefficient (Wildman–Crippen LogP) is 9.25. The van der Waals surface area contributed by atoms with Gasteiger partial charge in [0.15, 0.2) is 0 Å². The molecule has 2 aromatic carbocycles. The number of thiophene rings is 2. The summed E-state index contributed by atoms with van der Waals surface area (Å²) in [5.41, 5.74) is 7.08. The molecule has 0 aliphatic heterocycles. The average Bonchev–Trinajstić information content (AvgIpc) is 3.33. The van der Waals surface area contributed by atoms with Crippen molar-refractivity contribution in [3.63, 3.8) is 0 Å². The van der Waals surface area contributed by atoms with E-state index in [1.54, 1.807) is 11.3 Å². The number of hydrogen-bond acceptors (Lipinski definition) is 2. The molecule has 0 spiro atoms. The normalized spacial score (nSPS) is 12.1. The van der Waals surface area contributed by atoms with Gasteiger partial charge >= 0.3 is 0 Å². The lowest BCUT2D eigenvalue weighted by atomic mass is 9.99. The van der Waals surface area contributed by atoms with Gasteiger partial charge in [-0.1, -0.05) is 48.8 Å². The lowest BCUT2D eigenvalue weighted by Gasteiger charge is -2.04. The van der Waals surface area contributed by atoms with E-state index < -0.39 is 0 Å². The summed E-state index contributed by atoms with van der Waals surface area (Å²) in [6, 6.07) is 13.4. The molecule has 0 amide bonds. The number of benzene rings is 2. The third-order valence-electron chi connectivity index (χ3n) is 5.55. The van der Waals surface area contributed by atoms with Gasteiger partial charge < -0.3 is 0 Å². The Morgan fingerprint density at radius 1 is 0.812 bits per heavy atom. The van der Waals surface area contributed by atoms with Crippen LogP contribution >= 0.6 is 22.7 Å². The Morgan fingerprint density at radius 2 is 1.44 bits per heavy atom. The summed E-state index contributed by atoms with van der Waals surface area (Å²) in [4.78, 5) is 2.36. The van der Waals surface area contributed by atoms with E-state index in [1.807, 2.05) is 23.5 Å². The second-order valence-electron chi connectivity index (χ2n) is 8.07. The number of fused-ring (bicyclic) bond motifs is 3. The standard InChI is InChI=1S/C30H26S2/c1-7-19(3)13-24-17-29-27(14-20(24)4)28-15-21(5)25(18-30(28)32-29)16-23(8-2)10-12-26-11-9-22(6)31-26/h7-9,11,13-18H,1-2H2,3-6H3/b19-13-,23-16+. The van der Waals surface area contributed by atoms with Crippen LogP contribution in [0.3, 0.4) is 0 Å². The molecule has 4 aromatic rings. The van der Waals surface area contributed by atoms with E-state index in [-0.39, 0.29) is 0 Å². The van der Waals surface area contributed by atoms with Gasteiger partial charge in [-0.3, -0.25) is 0 Å². The molecular formula is C30H26S2. The van der Waals surface area contributed by atoms with E-state index in [2.05, 4.69) is 101 Å². The Labute approximate surface area is 198 Å². The average molecular weight is 451 g/mol. The molecule has 0 nitrogen and oxygen atoms in total. The number of allylic oxidation sites excluding steroid dienone is 4. The fraction of sp³-hybridized carbons (Fsp3) is 0.133. The van der Waals surface area contributed by atoms with Gasteiger partial charge in [0.1, 0.15) is 0 Å². The van der Waals surface area contributed by atoms with E-state index in [0.29, 0.717) is 0 Å². The fourth-order valence-electron chi connectivity index (χ4n) is 3.68. The van der Waals surface area contributed by atoms with E-state index in [0.717, 1.165) is 10.5 Å². The van der Waals surface area contributed by atoms with Crippen molar-refractivity contribution in [3.05, 3.63) is 105 Å². The topological polar surface area (TPSA) is 0 Å². The van der Waals surface area contributed by atoms with Gasteiger partial charge in [-0.25, -0.2) is 0 Å². The van der Waals surface area contributed by atoms with Crippen LogP contribution in [0.1, 0.15) is 38.9 Å². The zero-order chi connectivity index (χ0) is 22.8. The highest BCUT2D eigenvalue weighted by molar-refractivity contribution is 7.25. The molecule has 0 N–H and O–H groups in total. The van der Waals surface area contributed by atoms with Crippen molar-refractivity contribution in [2.24, 2.45) is 0 Å². The summed E-state index contributed by atoms with van der Waals surface area (Å²) in [6.07, 6.45) is 8.09. The molecule has 0 bridgehead atoms. The van der Waals surface area contributed by atoms with Crippen LogP contribution in [0.2, 0.25) is 0 Å². The maximum atomic E-state index is 3.97. The first-order valence-electron chi connectivity index (χ1n) is 10.6. The van der Waals surface area contributed by atoms with Crippen molar-refractivity contribution in [3.8, 4) is 11.8 Å². The van der Waals surface area contributed by atoms with Crippen molar-refractivity contribution in [1.82, 2.24) is 0 Å². The smallest absolute Gasteiger partial charge is 0.0775 e. The number of hydrogen-bond donors (Lipinski definition) is 0. The van der Waals surface area contributed by atoms with Crippen LogP contribution < -0.4 is 0 Å². The molecule has 0 unspecified atom stereocenters. The van der Waals surface area contributed by atoms with Gasteiger partial charge in [0.05, 0.1) is 4.88 Å². The van der Waals surface area contributed by atoms with Crippen LogP contribution in [0.4, 0.5) is 0 Å². The summed E-state index contributed by atoms with van der Waals surface area (Å²) in [5.74, 6) is 6.55. The predicted molar refractivity (Wildman–Crippen MR) is 147 cm³/mol. The van der Waals surface area contributed by atoms with Gasteiger partial charge in [-0.05, 0) is 92.4 Å². The molecule has 2 aromatic heterocycles. The molecule has 32 heavy (non-hydrogen) atoms. The summed E-state index contributed by atoms with van der Waals surface area (Å²) in [7, 11) is 0. The Kier molecular flexibility index (Phi) is 6.33. The Balaban J connectivity index is 1.79. The quantitative estimate of drug-likeness (QED) is 0.215. The summed E-state index contributed by atoms with van der Waals surface area (Å²) in [6.45, 7) is 16.4. The zero-order valence-corrected chi connectivity index (χ0v) is 20.6. The van der Waals surface area contributed by atoms with Gasteiger partial charge in [0.2, 0.25) is 0 Å². The highest BCUT2D eigenvalue weighted by Crippen LogP contribution is 2.38. The molecule has 0 radical (unpaired) electrons. The van der Waals surface area contributed by atoms with Crippen LogP contribution in [0.25, 0.3) is 32.3 Å². The zero-order valence-electron chi connectivity index (χ0n) is 19.0. The molecule has 158 valence electrons. The van der Waals surface area contributed by atoms with Crippen LogP contribution in [-0.4, -0.2) is 0 Å². The molecule has 0 fully saturated rings. The van der Waals surface area contributed by atoms with Crippen molar-refractivity contribution in [2.45, 2.75) is 27.7 Å². The Hall–Kier alpha value is -3.12. The first kappa shape index (κ1) is 22.1. The maximum absolute atomic E-state index is 3.97. The third-order valence-corrected chi connectivity index (χ3v) is 7.58. The van der Waals surface area contributed by atoms with Gasteiger partial charge in [-0.15, -0.1) is 22.7 Å². The summed E-state index contributed by atoms with van der Waals surface area (Å²) in [5, 5.41) is 2.64. The first-order chi connectivity index (χ1) is 15.4. The largest absolute Gasteiger partial charge is 0.135 e. The minimum absolute atomic E-state index is 0.933. The second-order valence-corrected chi connectivity index (χ2v) is 10.4. The molecule has 2 heterocycles. The maximum Gasteiger partial charge on any atom is 0.0775 e. The highest BCUT2D eigenvalue weighted by Gasteiger charge is 2.10. The van der Waals surface area contributed by atoms with Gasteiger partial charge in [-0.2, -0.15) is 0 Å². The van der Waals surface area contributed by atoms with Crippen molar-refractivity contribution < 1.29 is 0 Å². The molecule has 0 saturated heterocycles. The third kappa shape index (κ3) is 4.55. The van der Waals surface area contributed by atoms with Crippen molar-refractivity contribution >= 4 is 55.0 Å². The molecule has 0 saturated carbocycles. The molecular weight excluding hydrogens is 424 g/mol. The van der Waals surface area contributed by atoms with Crippen molar-refractivity contribution in [2.75, 3.05) is 0 Å². The number of aryl methyl sites for hydroxylation is 3. The lowest BCUT2D eigenvalue weighted by molar-refractivity contribution is 1.46. The Bertz CT molecular complexity index is 1490. The van der Waals surface area contributed by atoms with E-state index in [1.165, 1.54) is 52.9 Å². The van der Waals surface area contributed by atoms with Crippen LogP contribution in [0, 0.1) is 32.6 Å². The molecule has 0 atom stereocenters. The van der Waals surface area contributed by atoms with Crippen LogP contribution in [0.5, 0.6) is 0 Å². The van der Waals surface area contributed by atoms with Gasteiger partial charge in [0.25, 0.3) is 0 Å². The van der Waals surface area contributed by atoms with Crippen molar-refractivity contribution in [1.29, 1.82) is 0 Å². The van der Waals surface area contributed by atoms with E-state index in [4.69, 9.17) is 0 Å². The van der Waals surface area contributed by atoms with E-state index >= 15 is 0 Å². The minimum atomic E-state index is 0.933. The van der Waals surface area contributed by atoms with Crippen LogP contribution in [-0.2, 0) is 0 Å². The molecule has 0 aliphatic carbocycles. The monoisotopic (exact) mass is 450 g/mol. The van der Waals surface area contributed by atoms with E-state index in [9.17, 15) is 0 Å². The first-order valence-corrected chi connectivity index (χ1v) is 12.2. The minimum Gasteiger partial charge on any atom is -0.135 e. The van der Waals surface area contributed by atoms with Gasteiger partial charge in [0, 0.05) is 30.6 Å². The Morgan fingerprint density at radius 3 is 1.97 bits per heavy atom. The molecule has 0 aliphatic rings.